The van der Waals surface area contributed by atoms with Crippen LogP contribution in [0.3, 0.4) is 0 Å². The normalized spacial score (nSPS) is 10.6. The Kier molecular flexibility index (Phi) is 4.88. The number of aromatic nitrogens is 1. The fraction of sp³-hybridized carbons (Fsp3) is 0.0909. The Hall–Kier alpha value is -0.570. The third kappa shape index (κ3) is 3.71. The highest BCUT2D eigenvalue weighted by atomic mass is 79.9. The highest BCUT2D eigenvalue weighted by molar-refractivity contribution is 9.11. The van der Waals surface area contributed by atoms with E-state index in [-0.39, 0.29) is 5.75 Å². The van der Waals surface area contributed by atoms with Gasteiger partial charge in [0.05, 0.1) is 15.7 Å². The minimum Gasteiger partial charge on any atom is -0.481 e. The summed E-state index contributed by atoms with van der Waals surface area (Å²) in [6.07, 6.45) is 0. The molecule has 19 heavy (non-hydrogen) atoms. The monoisotopic (exact) mass is 422 g/mol. The third-order valence-electron chi connectivity index (χ3n) is 2.13. The van der Waals surface area contributed by atoms with Gasteiger partial charge in [0.15, 0.2) is 5.13 Å². The van der Waals surface area contributed by atoms with E-state index in [4.69, 9.17) is 10.8 Å². The summed E-state index contributed by atoms with van der Waals surface area (Å²) in [7, 11) is 0. The van der Waals surface area contributed by atoms with Crippen molar-refractivity contribution >= 4 is 66.1 Å². The van der Waals surface area contributed by atoms with Gasteiger partial charge in [-0.2, -0.15) is 0 Å². The molecule has 0 aliphatic carbocycles. The molecule has 0 fully saturated rings. The molecule has 0 aliphatic heterocycles. The van der Waals surface area contributed by atoms with E-state index in [9.17, 15) is 4.79 Å². The summed E-state index contributed by atoms with van der Waals surface area (Å²) >= 11 is 9.39. The summed E-state index contributed by atoms with van der Waals surface area (Å²) in [5, 5.41) is 9.18. The molecule has 1 heterocycles. The van der Waals surface area contributed by atoms with E-state index < -0.39 is 5.97 Å². The van der Waals surface area contributed by atoms with Gasteiger partial charge >= 0.3 is 5.97 Å². The molecule has 1 aromatic heterocycles. The average Bonchev–Trinajstić information content (AvgIpc) is 2.67. The molecule has 0 spiro atoms. The summed E-state index contributed by atoms with van der Waals surface area (Å²) in [5.41, 5.74) is 7.33. The van der Waals surface area contributed by atoms with Crippen LogP contribution in [0.2, 0.25) is 0 Å². The van der Waals surface area contributed by atoms with Crippen molar-refractivity contribution in [3.05, 3.63) is 27.1 Å². The number of thiazole rings is 1. The van der Waals surface area contributed by atoms with Crippen LogP contribution < -0.4 is 5.73 Å². The van der Waals surface area contributed by atoms with E-state index in [1.165, 1.54) is 23.1 Å². The molecule has 0 unspecified atom stereocenters. The van der Waals surface area contributed by atoms with Crippen molar-refractivity contribution in [2.24, 2.45) is 0 Å². The summed E-state index contributed by atoms with van der Waals surface area (Å²) in [5.74, 6) is -0.874. The van der Waals surface area contributed by atoms with Gasteiger partial charge in [0.25, 0.3) is 0 Å². The van der Waals surface area contributed by atoms with Crippen LogP contribution in [0.5, 0.6) is 0 Å². The molecule has 3 N–H and O–H groups in total. The number of nitrogens with two attached hydrogens (primary N) is 1. The van der Waals surface area contributed by atoms with Crippen LogP contribution in [0.4, 0.5) is 5.13 Å². The Bertz CT molecular complexity index is 631. The maximum Gasteiger partial charge on any atom is 0.313 e. The van der Waals surface area contributed by atoms with Crippen molar-refractivity contribution in [1.82, 2.24) is 4.98 Å². The highest BCUT2D eigenvalue weighted by Crippen LogP contribution is 2.40. The fourth-order valence-corrected chi connectivity index (χ4v) is 4.43. The maximum absolute atomic E-state index is 10.7. The number of anilines is 1. The first-order valence-electron chi connectivity index (χ1n) is 5.03. The molecule has 0 atom stereocenters. The van der Waals surface area contributed by atoms with Crippen LogP contribution in [0.15, 0.2) is 31.4 Å². The van der Waals surface area contributed by atoms with Gasteiger partial charge in [-0.1, -0.05) is 49.3 Å². The van der Waals surface area contributed by atoms with Gasteiger partial charge in [-0.25, -0.2) is 4.98 Å². The number of nitrogen functional groups attached to an aromatic ring is 1. The summed E-state index contributed by atoms with van der Waals surface area (Å²) in [6.45, 7) is 0. The van der Waals surface area contributed by atoms with E-state index in [1.807, 2.05) is 18.2 Å². The molecule has 4 nitrogen and oxygen atoms in total. The molecule has 2 rings (SSSR count). The highest BCUT2D eigenvalue weighted by Gasteiger charge is 2.16. The Morgan fingerprint density at radius 1 is 1.47 bits per heavy atom. The molecule has 1 aromatic carbocycles. The molecule has 0 saturated heterocycles. The third-order valence-corrected chi connectivity index (χ3v) is 5.40. The number of thioether (sulfide) groups is 1. The molecule has 0 saturated carbocycles. The van der Waals surface area contributed by atoms with Crippen molar-refractivity contribution in [1.29, 1.82) is 0 Å². The van der Waals surface area contributed by atoms with Crippen molar-refractivity contribution < 1.29 is 9.90 Å². The first-order valence-corrected chi connectivity index (χ1v) is 8.42. The van der Waals surface area contributed by atoms with Gasteiger partial charge in [0.2, 0.25) is 0 Å². The van der Waals surface area contributed by atoms with Crippen LogP contribution in [0.25, 0.3) is 11.3 Å². The first kappa shape index (κ1) is 14.8. The quantitative estimate of drug-likeness (QED) is 0.724. The van der Waals surface area contributed by atoms with Crippen molar-refractivity contribution in [3.8, 4) is 11.3 Å². The number of aliphatic carboxylic acids is 1. The predicted molar refractivity (Wildman–Crippen MR) is 85.7 cm³/mol. The minimum atomic E-state index is -0.863. The molecule has 0 amide bonds. The van der Waals surface area contributed by atoms with Crippen molar-refractivity contribution in [2.45, 2.75) is 4.21 Å². The van der Waals surface area contributed by atoms with E-state index >= 15 is 0 Å². The van der Waals surface area contributed by atoms with Crippen LogP contribution in [0.1, 0.15) is 0 Å². The lowest BCUT2D eigenvalue weighted by Crippen LogP contribution is -1.97. The summed E-state index contributed by atoms with van der Waals surface area (Å²) in [4.78, 5) is 14.9. The van der Waals surface area contributed by atoms with Crippen LogP contribution in [0, 0.1) is 0 Å². The largest absolute Gasteiger partial charge is 0.481 e. The lowest BCUT2D eigenvalue weighted by molar-refractivity contribution is -0.133. The number of carbonyl (C=O) groups is 1. The number of carboxylic acids is 1. The predicted octanol–water partition coefficient (Wildman–Crippen LogP) is 4.09. The van der Waals surface area contributed by atoms with E-state index in [2.05, 4.69) is 36.8 Å². The number of nitrogens with zero attached hydrogens (tertiary/aromatic N) is 1. The lowest BCUT2D eigenvalue weighted by Gasteiger charge is -2.04. The lowest BCUT2D eigenvalue weighted by atomic mass is 10.2. The van der Waals surface area contributed by atoms with E-state index in [0.717, 1.165) is 18.7 Å². The Labute approximate surface area is 134 Å². The summed E-state index contributed by atoms with van der Waals surface area (Å²) in [6, 6.07) is 5.73. The Balaban J connectivity index is 2.40. The van der Waals surface area contributed by atoms with Crippen molar-refractivity contribution in [2.75, 3.05) is 11.5 Å². The molecule has 0 bridgehead atoms. The zero-order valence-electron chi connectivity index (χ0n) is 9.39. The number of halogens is 2. The van der Waals surface area contributed by atoms with Crippen LogP contribution in [-0.4, -0.2) is 21.8 Å². The second kappa shape index (κ2) is 6.25. The number of rotatable bonds is 4. The molecular weight excluding hydrogens is 416 g/mol. The van der Waals surface area contributed by atoms with Crippen molar-refractivity contribution in [3.63, 3.8) is 0 Å². The number of hydrogen-bond acceptors (Lipinski definition) is 5. The van der Waals surface area contributed by atoms with Crippen LogP contribution >= 0.6 is 55.0 Å². The molecule has 2 aromatic rings. The number of carboxylic acid groups (broad SMARTS) is 1. The minimum absolute atomic E-state index is 0.0111. The first-order chi connectivity index (χ1) is 8.97. The Morgan fingerprint density at radius 3 is 2.84 bits per heavy atom. The van der Waals surface area contributed by atoms with Gasteiger partial charge < -0.3 is 10.8 Å². The van der Waals surface area contributed by atoms with Gasteiger partial charge in [-0.15, -0.1) is 11.8 Å². The van der Waals surface area contributed by atoms with Gasteiger partial charge in [-0.05, 0) is 12.1 Å². The summed E-state index contributed by atoms with van der Waals surface area (Å²) < 4.78 is 2.64. The van der Waals surface area contributed by atoms with Gasteiger partial charge in [-0.3, -0.25) is 4.79 Å². The average molecular weight is 424 g/mol. The molecule has 100 valence electrons. The molecular formula is C11H8Br2N2O2S2. The topological polar surface area (TPSA) is 76.2 Å². The molecule has 0 radical (unpaired) electrons. The SMILES string of the molecule is Nc1nc(-c2ccc(Br)cc2Br)c(SCC(=O)O)s1. The second-order valence-electron chi connectivity index (χ2n) is 3.49. The molecule has 0 aliphatic rings. The zero-order valence-corrected chi connectivity index (χ0v) is 14.2. The molecule has 8 heteroatoms. The fourth-order valence-electron chi connectivity index (χ4n) is 1.40. The number of hydrogen-bond donors (Lipinski definition) is 2. The van der Waals surface area contributed by atoms with E-state index in [0.29, 0.717) is 10.8 Å². The zero-order chi connectivity index (χ0) is 14.0. The maximum atomic E-state index is 10.7. The number of benzene rings is 1. The van der Waals surface area contributed by atoms with Crippen LogP contribution in [-0.2, 0) is 4.79 Å². The van der Waals surface area contributed by atoms with E-state index in [1.54, 1.807) is 0 Å². The Morgan fingerprint density at radius 2 is 2.21 bits per heavy atom. The smallest absolute Gasteiger partial charge is 0.313 e. The van der Waals surface area contributed by atoms with Gasteiger partial charge in [0.1, 0.15) is 0 Å². The standard InChI is InChI=1S/C11H8Br2N2O2S2/c12-5-1-2-6(7(13)3-5)9-10(18-4-8(16)17)19-11(14)15-9/h1-3H,4H2,(H2,14,15)(H,16,17). The second-order valence-corrected chi connectivity index (χ2v) is 7.54. The van der Waals surface area contributed by atoms with Gasteiger partial charge in [0, 0.05) is 14.5 Å².